The van der Waals surface area contributed by atoms with Crippen molar-refractivity contribution in [2.24, 2.45) is 0 Å². The Morgan fingerprint density at radius 1 is 1.33 bits per heavy atom. The van der Waals surface area contributed by atoms with Gasteiger partial charge in [-0.05, 0) is 43.9 Å². The Morgan fingerprint density at radius 3 is 2.67 bits per heavy atom. The normalized spacial score (nSPS) is 23.2. The van der Waals surface area contributed by atoms with E-state index in [0.29, 0.717) is 39.1 Å². The van der Waals surface area contributed by atoms with Crippen molar-refractivity contribution >= 4 is 5.91 Å². The number of carbonyl (C=O) groups excluding carboxylic acids is 1. The fourth-order valence-electron chi connectivity index (χ4n) is 3.67. The molecule has 24 heavy (non-hydrogen) atoms. The van der Waals surface area contributed by atoms with Crippen LogP contribution in [0.15, 0.2) is 24.3 Å². The van der Waals surface area contributed by atoms with Crippen LogP contribution in [0.2, 0.25) is 0 Å². The van der Waals surface area contributed by atoms with Crippen molar-refractivity contribution in [3.8, 4) is 5.75 Å². The maximum absolute atomic E-state index is 12.5. The van der Waals surface area contributed by atoms with E-state index in [-0.39, 0.29) is 17.6 Å². The SMILES string of the molecule is CCOc1ccc(CC(=O)N2CCC3(CC2)CC(O)CCO3)cc1. The molecule has 0 aromatic heterocycles. The molecule has 2 aliphatic heterocycles. The largest absolute Gasteiger partial charge is 0.494 e. The number of carbonyl (C=O) groups is 1. The summed E-state index contributed by atoms with van der Waals surface area (Å²) in [7, 11) is 0. The molecular formula is C19H27NO4. The van der Waals surface area contributed by atoms with Crippen LogP contribution >= 0.6 is 0 Å². The molecule has 1 atom stereocenters. The highest BCUT2D eigenvalue weighted by Crippen LogP contribution is 2.35. The molecule has 2 fully saturated rings. The lowest BCUT2D eigenvalue weighted by Gasteiger charge is -2.45. The third kappa shape index (κ3) is 4.08. The van der Waals surface area contributed by atoms with E-state index in [9.17, 15) is 9.90 Å². The van der Waals surface area contributed by atoms with Crippen LogP contribution in [0.5, 0.6) is 5.75 Å². The second-order valence-corrected chi connectivity index (χ2v) is 6.81. The molecule has 0 saturated carbocycles. The van der Waals surface area contributed by atoms with Crippen LogP contribution in [0.4, 0.5) is 0 Å². The lowest BCUT2D eigenvalue weighted by atomic mass is 9.83. The van der Waals surface area contributed by atoms with Crippen molar-refractivity contribution in [1.29, 1.82) is 0 Å². The summed E-state index contributed by atoms with van der Waals surface area (Å²) in [5.74, 6) is 0.993. The summed E-state index contributed by atoms with van der Waals surface area (Å²) >= 11 is 0. The molecule has 1 spiro atoms. The minimum Gasteiger partial charge on any atom is -0.494 e. The number of aliphatic hydroxyl groups is 1. The van der Waals surface area contributed by atoms with Gasteiger partial charge in [0.2, 0.25) is 5.91 Å². The van der Waals surface area contributed by atoms with E-state index in [4.69, 9.17) is 9.47 Å². The van der Waals surface area contributed by atoms with E-state index in [1.807, 2.05) is 36.1 Å². The second-order valence-electron chi connectivity index (χ2n) is 6.81. The zero-order chi connectivity index (χ0) is 17.0. The van der Waals surface area contributed by atoms with Crippen molar-refractivity contribution in [2.75, 3.05) is 26.3 Å². The number of hydrogen-bond acceptors (Lipinski definition) is 4. The van der Waals surface area contributed by atoms with Crippen molar-refractivity contribution in [1.82, 2.24) is 4.90 Å². The Morgan fingerprint density at radius 2 is 2.04 bits per heavy atom. The van der Waals surface area contributed by atoms with Gasteiger partial charge in [0.05, 0.1) is 24.7 Å². The molecule has 1 N–H and O–H groups in total. The first-order valence-corrected chi connectivity index (χ1v) is 8.92. The van der Waals surface area contributed by atoms with Gasteiger partial charge in [-0.25, -0.2) is 0 Å². The minimum absolute atomic E-state index is 0.158. The Balaban J connectivity index is 1.51. The van der Waals surface area contributed by atoms with Crippen molar-refractivity contribution in [3.63, 3.8) is 0 Å². The third-order valence-corrected chi connectivity index (χ3v) is 5.08. The summed E-state index contributed by atoms with van der Waals surface area (Å²) in [6.07, 6.45) is 3.22. The lowest BCUT2D eigenvalue weighted by molar-refractivity contribution is -0.153. The first-order chi connectivity index (χ1) is 11.6. The second kappa shape index (κ2) is 7.53. The van der Waals surface area contributed by atoms with Crippen LogP contribution in [0, 0.1) is 0 Å². The number of amides is 1. The molecule has 2 aliphatic rings. The number of nitrogens with zero attached hydrogens (tertiary/aromatic N) is 1. The zero-order valence-corrected chi connectivity index (χ0v) is 14.4. The van der Waals surface area contributed by atoms with Gasteiger partial charge >= 0.3 is 0 Å². The topological polar surface area (TPSA) is 59.0 Å². The summed E-state index contributed by atoms with van der Waals surface area (Å²) in [6, 6.07) is 7.73. The summed E-state index contributed by atoms with van der Waals surface area (Å²) in [4.78, 5) is 14.4. The summed E-state index contributed by atoms with van der Waals surface area (Å²) in [6.45, 7) is 4.65. The summed E-state index contributed by atoms with van der Waals surface area (Å²) in [5, 5.41) is 9.89. The van der Waals surface area contributed by atoms with Crippen LogP contribution < -0.4 is 4.74 Å². The molecule has 1 amide bonds. The van der Waals surface area contributed by atoms with Gasteiger partial charge in [-0.3, -0.25) is 4.79 Å². The molecule has 1 aromatic carbocycles. The van der Waals surface area contributed by atoms with E-state index in [0.717, 1.165) is 30.6 Å². The molecule has 3 rings (SSSR count). The number of benzene rings is 1. The molecule has 1 unspecified atom stereocenters. The molecule has 132 valence electrons. The average Bonchev–Trinajstić information content (AvgIpc) is 2.57. The summed E-state index contributed by atoms with van der Waals surface area (Å²) in [5.41, 5.74) is 0.793. The Bertz CT molecular complexity index is 549. The van der Waals surface area contributed by atoms with Crippen LogP contribution in [0.25, 0.3) is 0 Å². The number of aliphatic hydroxyl groups excluding tert-OH is 1. The van der Waals surface area contributed by atoms with Crippen molar-refractivity contribution in [3.05, 3.63) is 29.8 Å². The van der Waals surface area contributed by atoms with Gasteiger partial charge in [-0.1, -0.05) is 12.1 Å². The van der Waals surface area contributed by atoms with E-state index < -0.39 is 0 Å². The minimum atomic E-state index is -0.259. The van der Waals surface area contributed by atoms with Crippen LogP contribution in [0.3, 0.4) is 0 Å². The smallest absolute Gasteiger partial charge is 0.226 e. The van der Waals surface area contributed by atoms with E-state index in [1.54, 1.807) is 0 Å². The Labute approximate surface area is 143 Å². The van der Waals surface area contributed by atoms with Crippen molar-refractivity contribution in [2.45, 2.75) is 50.7 Å². The van der Waals surface area contributed by atoms with Crippen LogP contribution in [-0.2, 0) is 16.0 Å². The van der Waals surface area contributed by atoms with Crippen LogP contribution in [-0.4, -0.2) is 53.9 Å². The zero-order valence-electron chi connectivity index (χ0n) is 14.4. The van der Waals surface area contributed by atoms with Gasteiger partial charge < -0.3 is 19.5 Å². The highest BCUT2D eigenvalue weighted by atomic mass is 16.5. The quantitative estimate of drug-likeness (QED) is 0.917. The van der Waals surface area contributed by atoms with E-state index in [2.05, 4.69) is 0 Å². The fourth-order valence-corrected chi connectivity index (χ4v) is 3.67. The lowest BCUT2D eigenvalue weighted by Crippen LogP contribution is -2.51. The molecule has 5 heteroatoms. The number of hydrogen-bond donors (Lipinski definition) is 1. The molecule has 0 aliphatic carbocycles. The van der Waals surface area contributed by atoms with Gasteiger partial charge in [-0.2, -0.15) is 0 Å². The fraction of sp³-hybridized carbons (Fsp3) is 0.632. The third-order valence-electron chi connectivity index (χ3n) is 5.08. The molecule has 2 heterocycles. The van der Waals surface area contributed by atoms with Gasteiger partial charge in [0.25, 0.3) is 0 Å². The number of ether oxygens (including phenoxy) is 2. The molecule has 1 aromatic rings. The molecule has 0 bridgehead atoms. The molecular weight excluding hydrogens is 306 g/mol. The number of likely N-dealkylation sites (tertiary alicyclic amines) is 1. The highest BCUT2D eigenvalue weighted by Gasteiger charge is 2.40. The van der Waals surface area contributed by atoms with Crippen molar-refractivity contribution < 1.29 is 19.4 Å². The molecule has 5 nitrogen and oxygen atoms in total. The number of piperidine rings is 1. The van der Waals surface area contributed by atoms with E-state index in [1.165, 1.54) is 0 Å². The highest BCUT2D eigenvalue weighted by molar-refractivity contribution is 5.79. The van der Waals surface area contributed by atoms with Gasteiger partial charge in [0.15, 0.2) is 0 Å². The van der Waals surface area contributed by atoms with Gasteiger partial charge in [-0.15, -0.1) is 0 Å². The first kappa shape index (κ1) is 17.2. The van der Waals surface area contributed by atoms with Gasteiger partial charge in [0.1, 0.15) is 5.75 Å². The maximum atomic E-state index is 12.5. The van der Waals surface area contributed by atoms with E-state index >= 15 is 0 Å². The summed E-state index contributed by atoms with van der Waals surface area (Å²) < 4.78 is 11.4. The maximum Gasteiger partial charge on any atom is 0.226 e. The van der Waals surface area contributed by atoms with Crippen LogP contribution in [0.1, 0.15) is 38.2 Å². The van der Waals surface area contributed by atoms with Gasteiger partial charge in [0, 0.05) is 26.1 Å². The predicted molar refractivity (Wildman–Crippen MR) is 91.1 cm³/mol. The number of rotatable bonds is 4. The molecule has 0 radical (unpaired) electrons. The first-order valence-electron chi connectivity index (χ1n) is 8.92. The standard InChI is InChI=1S/C19H27NO4/c1-2-23-17-5-3-15(4-6-17)13-18(22)20-10-8-19(9-11-20)14-16(21)7-12-24-19/h3-6,16,21H,2,7-14H2,1H3. The predicted octanol–water partition coefficient (Wildman–Crippen LogP) is 2.16. The average molecular weight is 333 g/mol. The monoisotopic (exact) mass is 333 g/mol. The molecule has 2 saturated heterocycles. The Kier molecular flexibility index (Phi) is 5.41. The Hall–Kier alpha value is -1.59.